The van der Waals surface area contributed by atoms with Crippen LogP contribution in [0.2, 0.25) is 0 Å². The summed E-state index contributed by atoms with van der Waals surface area (Å²) in [5, 5.41) is 4.25. The topological polar surface area (TPSA) is 122 Å². The van der Waals surface area contributed by atoms with Crippen molar-refractivity contribution in [1.29, 1.82) is 0 Å². The molecular formula is C27H26F2N8O2. The van der Waals surface area contributed by atoms with Crippen molar-refractivity contribution in [1.82, 2.24) is 30.2 Å². The summed E-state index contributed by atoms with van der Waals surface area (Å²) >= 11 is 0. The second kappa shape index (κ2) is 11.0. The number of ether oxygens (including phenoxy) is 1. The first-order valence-electron chi connectivity index (χ1n) is 12.3. The van der Waals surface area contributed by atoms with E-state index in [9.17, 15) is 4.79 Å². The fraction of sp³-hybridized carbons (Fsp3) is 0.296. The highest BCUT2D eigenvalue weighted by Gasteiger charge is 2.35. The lowest BCUT2D eigenvalue weighted by Gasteiger charge is -2.36. The Bertz CT molecular complexity index is 1480. The largest absolute Gasteiger partial charge is 0.384 e. The minimum atomic E-state index is -0.987. The van der Waals surface area contributed by atoms with Gasteiger partial charge in [-0.05, 0) is 30.7 Å². The first-order chi connectivity index (χ1) is 18.9. The minimum Gasteiger partial charge on any atom is -0.384 e. The van der Waals surface area contributed by atoms with Gasteiger partial charge in [0.2, 0.25) is 0 Å². The molecule has 3 N–H and O–H groups in total. The molecule has 0 spiro atoms. The van der Waals surface area contributed by atoms with Crippen LogP contribution in [0.4, 0.5) is 14.6 Å². The molecule has 1 fully saturated rings. The van der Waals surface area contributed by atoms with Crippen LogP contribution in [0.1, 0.15) is 34.1 Å². The summed E-state index contributed by atoms with van der Waals surface area (Å²) in [4.78, 5) is 29.1. The number of hydrazone groups is 1. The van der Waals surface area contributed by atoms with Gasteiger partial charge in [0.15, 0.2) is 0 Å². The van der Waals surface area contributed by atoms with Crippen molar-refractivity contribution in [3.63, 3.8) is 0 Å². The number of hydrogen-bond acceptors (Lipinski definition) is 9. The Hall–Kier alpha value is -4.63. The third kappa shape index (κ3) is 5.21. The smallest absolute Gasteiger partial charge is 0.260 e. The van der Waals surface area contributed by atoms with Gasteiger partial charge in [-0.15, -0.1) is 0 Å². The number of aryl methyl sites for hydroxylation is 1. The van der Waals surface area contributed by atoms with Gasteiger partial charge in [0, 0.05) is 37.5 Å². The first kappa shape index (κ1) is 26.0. The summed E-state index contributed by atoms with van der Waals surface area (Å²) in [6.07, 6.45) is 3.24. The number of amidine groups is 1. The van der Waals surface area contributed by atoms with Crippen LogP contribution >= 0.6 is 0 Å². The molecule has 0 radical (unpaired) electrons. The molecule has 0 bridgehead atoms. The summed E-state index contributed by atoms with van der Waals surface area (Å²) in [5.74, 6) is 4.26. The number of nitrogens with one attached hydrogen (secondary N) is 1. The quantitative estimate of drug-likeness (QED) is 0.479. The molecule has 1 saturated heterocycles. The van der Waals surface area contributed by atoms with Crippen molar-refractivity contribution in [2.24, 2.45) is 5.10 Å². The highest BCUT2D eigenvalue weighted by atomic mass is 19.1. The lowest BCUT2D eigenvalue weighted by molar-refractivity contribution is 0.0690. The standard InChI is InChI=1S/C27H26F2N8O2/c1-3-21-18(6-4-16-5-7-22(30)31-12-16)26(33-15-32-21)17-10-19(28)25(20(29)11-17)27(38)36-8-9-37-23(13-36)34-35-24(37)14-39-2/h5,7,10-12,15,24,35H,3,8-9,13-14H2,1-2H3,(H2,30,31). The minimum absolute atomic E-state index is 0.123. The molecule has 1 aromatic carbocycles. The van der Waals surface area contributed by atoms with E-state index in [0.717, 1.165) is 12.1 Å². The summed E-state index contributed by atoms with van der Waals surface area (Å²) in [6.45, 7) is 3.17. The Morgan fingerprint density at radius 2 is 1.97 bits per heavy atom. The van der Waals surface area contributed by atoms with E-state index in [-0.39, 0.29) is 30.5 Å². The molecule has 1 atom stereocenters. The molecule has 10 nitrogen and oxygen atoms in total. The number of carbonyl (C=O) groups excluding carboxylic acids is 1. The molecule has 200 valence electrons. The van der Waals surface area contributed by atoms with E-state index in [1.807, 2.05) is 11.8 Å². The molecule has 2 aliphatic rings. The van der Waals surface area contributed by atoms with Crippen molar-refractivity contribution < 1.29 is 18.3 Å². The van der Waals surface area contributed by atoms with E-state index < -0.39 is 23.1 Å². The second-order valence-electron chi connectivity index (χ2n) is 8.98. The molecule has 12 heteroatoms. The number of rotatable bonds is 5. The van der Waals surface area contributed by atoms with Crippen LogP contribution < -0.4 is 11.2 Å². The SMILES string of the molecule is CCc1ncnc(-c2cc(F)c(C(=O)N3CCN4C(=NNC4COC)C3)c(F)c2)c1C#Cc1ccc(N)nc1. The third-order valence-corrected chi connectivity index (χ3v) is 6.51. The van der Waals surface area contributed by atoms with Crippen LogP contribution in [-0.4, -0.2) is 76.0 Å². The molecule has 1 unspecified atom stereocenters. The number of halogens is 2. The highest BCUT2D eigenvalue weighted by molar-refractivity contribution is 5.99. The van der Waals surface area contributed by atoms with Crippen LogP contribution in [0.3, 0.4) is 0 Å². The van der Waals surface area contributed by atoms with E-state index in [1.54, 1.807) is 19.2 Å². The zero-order valence-corrected chi connectivity index (χ0v) is 21.4. The van der Waals surface area contributed by atoms with Crippen LogP contribution in [0.5, 0.6) is 0 Å². The molecule has 5 rings (SSSR count). The monoisotopic (exact) mass is 532 g/mol. The lowest BCUT2D eigenvalue weighted by Crippen LogP contribution is -2.55. The number of methoxy groups -OCH3 is 1. The van der Waals surface area contributed by atoms with Gasteiger partial charge in [-0.3, -0.25) is 10.2 Å². The third-order valence-electron chi connectivity index (χ3n) is 6.51. The average Bonchev–Trinajstić information content (AvgIpc) is 3.34. The predicted molar refractivity (Wildman–Crippen MR) is 140 cm³/mol. The van der Waals surface area contributed by atoms with E-state index in [0.29, 0.717) is 48.0 Å². The zero-order valence-electron chi connectivity index (χ0n) is 21.4. The van der Waals surface area contributed by atoms with Gasteiger partial charge in [-0.25, -0.2) is 23.7 Å². The van der Waals surface area contributed by atoms with Crippen molar-refractivity contribution in [3.8, 4) is 23.1 Å². The van der Waals surface area contributed by atoms with Gasteiger partial charge in [-0.1, -0.05) is 18.8 Å². The fourth-order valence-corrected chi connectivity index (χ4v) is 4.54. The van der Waals surface area contributed by atoms with Crippen LogP contribution in [0, 0.1) is 23.5 Å². The van der Waals surface area contributed by atoms with Gasteiger partial charge < -0.3 is 20.3 Å². The number of piperazine rings is 1. The first-order valence-corrected chi connectivity index (χ1v) is 12.3. The number of nitrogens with two attached hydrogens (primary N) is 1. The molecule has 2 aromatic heterocycles. The number of benzene rings is 1. The highest BCUT2D eigenvalue weighted by Crippen LogP contribution is 2.28. The zero-order chi connectivity index (χ0) is 27.5. The van der Waals surface area contributed by atoms with Gasteiger partial charge in [0.05, 0.1) is 30.1 Å². The van der Waals surface area contributed by atoms with Crippen molar-refractivity contribution in [2.75, 3.05) is 39.1 Å². The maximum atomic E-state index is 15.4. The number of nitrogens with zero attached hydrogens (tertiary/aromatic N) is 6. The number of pyridine rings is 1. The number of fused-ring (bicyclic) bond motifs is 1. The number of anilines is 1. The van der Waals surface area contributed by atoms with Crippen LogP contribution in [0.15, 0.2) is 41.9 Å². The van der Waals surface area contributed by atoms with Crippen molar-refractivity contribution >= 4 is 17.6 Å². The normalized spacial score (nSPS) is 16.2. The summed E-state index contributed by atoms with van der Waals surface area (Å²) in [6, 6.07) is 5.55. The number of aromatic nitrogens is 3. The molecule has 4 heterocycles. The molecular weight excluding hydrogens is 506 g/mol. The summed E-state index contributed by atoms with van der Waals surface area (Å²) in [5.41, 5.74) is 10.0. The lowest BCUT2D eigenvalue weighted by atomic mass is 10.0. The second-order valence-corrected chi connectivity index (χ2v) is 8.98. The van der Waals surface area contributed by atoms with Crippen LogP contribution in [0.25, 0.3) is 11.3 Å². The molecule has 3 aromatic rings. The maximum Gasteiger partial charge on any atom is 0.260 e. The number of nitrogen functional groups attached to an aromatic ring is 1. The van der Waals surface area contributed by atoms with E-state index in [4.69, 9.17) is 10.5 Å². The van der Waals surface area contributed by atoms with Gasteiger partial charge in [0.25, 0.3) is 5.91 Å². The van der Waals surface area contributed by atoms with E-state index in [1.165, 1.54) is 17.4 Å². The number of carbonyl (C=O) groups is 1. The van der Waals surface area contributed by atoms with Gasteiger partial charge in [-0.2, -0.15) is 5.10 Å². The van der Waals surface area contributed by atoms with Crippen molar-refractivity contribution in [3.05, 3.63) is 70.8 Å². The maximum absolute atomic E-state index is 15.4. The summed E-state index contributed by atoms with van der Waals surface area (Å²) < 4.78 is 35.9. The molecule has 39 heavy (non-hydrogen) atoms. The molecule has 0 saturated carbocycles. The Balaban J connectivity index is 1.44. The fourth-order valence-electron chi connectivity index (χ4n) is 4.54. The van der Waals surface area contributed by atoms with Gasteiger partial charge >= 0.3 is 0 Å². The Labute approximate surface area is 223 Å². The van der Waals surface area contributed by atoms with E-state index in [2.05, 4.69) is 37.3 Å². The molecule has 1 amide bonds. The predicted octanol–water partition coefficient (Wildman–Crippen LogP) is 2.01. The average molecular weight is 533 g/mol. The number of amides is 1. The Morgan fingerprint density at radius 1 is 1.18 bits per heavy atom. The Morgan fingerprint density at radius 3 is 2.67 bits per heavy atom. The van der Waals surface area contributed by atoms with Gasteiger partial charge in [0.1, 0.15) is 41.3 Å². The Kier molecular flexibility index (Phi) is 7.33. The molecule has 2 aliphatic heterocycles. The molecule has 0 aliphatic carbocycles. The van der Waals surface area contributed by atoms with E-state index >= 15 is 8.78 Å². The van der Waals surface area contributed by atoms with Crippen molar-refractivity contribution in [2.45, 2.75) is 19.5 Å². The van der Waals surface area contributed by atoms with Crippen LogP contribution in [-0.2, 0) is 11.2 Å². The number of hydrogen-bond donors (Lipinski definition) is 2. The summed E-state index contributed by atoms with van der Waals surface area (Å²) in [7, 11) is 1.59.